The molecule has 0 aliphatic heterocycles. The third-order valence-corrected chi connectivity index (χ3v) is 3.96. The van der Waals surface area contributed by atoms with Crippen LogP contribution in [0.1, 0.15) is 30.6 Å². The molecule has 1 aromatic heterocycles. The lowest BCUT2D eigenvalue weighted by molar-refractivity contribution is 0.503. The summed E-state index contributed by atoms with van der Waals surface area (Å²) in [4.78, 5) is 4.41. The Morgan fingerprint density at radius 3 is 2.81 bits per heavy atom. The summed E-state index contributed by atoms with van der Waals surface area (Å²) < 4.78 is 15.0. The Hall–Kier alpha value is -0.970. The van der Waals surface area contributed by atoms with Crippen molar-refractivity contribution in [1.82, 2.24) is 10.3 Å². The zero-order valence-corrected chi connectivity index (χ0v) is 14.1. The molecule has 2 nitrogen and oxygen atoms in total. The molecule has 1 N–H and O–H groups in total. The van der Waals surface area contributed by atoms with Crippen LogP contribution in [-0.2, 0) is 6.42 Å². The second kappa shape index (κ2) is 7.87. The number of aromatic nitrogens is 1. The number of hydrogen-bond acceptors (Lipinski definition) is 2. The van der Waals surface area contributed by atoms with E-state index in [1.807, 2.05) is 12.1 Å². The van der Waals surface area contributed by atoms with Gasteiger partial charge >= 0.3 is 0 Å². The van der Waals surface area contributed by atoms with Crippen molar-refractivity contribution in [3.63, 3.8) is 0 Å². The van der Waals surface area contributed by atoms with Crippen LogP contribution in [0, 0.1) is 5.82 Å². The third-order valence-electron chi connectivity index (χ3n) is 3.20. The van der Waals surface area contributed by atoms with E-state index >= 15 is 0 Å². The van der Waals surface area contributed by atoms with Crippen LogP contribution < -0.4 is 5.32 Å². The molecule has 2 aromatic rings. The predicted octanol–water partition coefficient (Wildman–Crippen LogP) is 4.92. The maximum Gasteiger partial charge on any atom is 0.145 e. The molecule has 1 heterocycles. The first kappa shape index (κ1) is 16.4. The van der Waals surface area contributed by atoms with Crippen LogP contribution in [0.25, 0.3) is 0 Å². The van der Waals surface area contributed by atoms with Gasteiger partial charge in [-0.25, -0.2) is 4.39 Å². The molecule has 0 bridgehead atoms. The van der Waals surface area contributed by atoms with Crippen molar-refractivity contribution < 1.29 is 4.39 Å². The SMILES string of the molecule is CCCNC(Cc1cccc(Cl)c1F)c1ccc(Br)cn1. The first-order valence-electron chi connectivity index (χ1n) is 6.89. The lowest BCUT2D eigenvalue weighted by Gasteiger charge is -2.19. The smallest absolute Gasteiger partial charge is 0.145 e. The van der Waals surface area contributed by atoms with E-state index < -0.39 is 0 Å². The van der Waals surface area contributed by atoms with Gasteiger partial charge in [-0.3, -0.25) is 4.98 Å². The Labute approximate surface area is 137 Å². The summed E-state index contributed by atoms with van der Waals surface area (Å²) in [5.41, 5.74) is 1.49. The third kappa shape index (κ3) is 4.50. The van der Waals surface area contributed by atoms with Crippen molar-refractivity contribution in [3.05, 3.63) is 63.1 Å². The maximum absolute atomic E-state index is 14.1. The zero-order valence-electron chi connectivity index (χ0n) is 11.7. The van der Waals surface area contributed by atoms with Crippen molar-refractivity contribution >= 4 is 27.5 Å². The molecule has 0 amide bonds. The van der Waals surface area contributed by atoms with Crippen LogP contribution >= 0.6 is 27.5 Å². The minimum atomic E-state index is -0.348. The van der Waals surface area contributed by atoms with E-state index in [0.717, 1.165) is 23.1 Å². The fourth-order valence-corrected chi connectivity index (χ4v) is 2.55. The van der Waals surface area contributed by atoms with Crippen molar-refractivity contribution in [2.75, 3.05) is 6.54 Å². The molecule has 0 saturated heterocycles. The van der Waals surface area contributed by atoms with Gasteiger partial charge in [0.1, 0.15) is 5.82 Å². The minimum Gasteiger partial charge on any atom is -0.308 e. The number of nitrogens with zero attached hydrogens (tertiary/aromatic N) is 1. The lowest BCUT2D eigenvalue weighted by Crippen LogP contribution is -2.25. The highest BCUT2D eigenvalue weighted by atomic mass is 79.9. The van der Waals surface area contributed by atoms with Crippen molar-refractivity contribution in [1.29, 1.82) is 0 Å². The molecule has 21 heavy (non-hydrogen) atoms. The topological polar surface area (TPSA) is 24.9 Å². The fraction of sp³-hybridized carbons (Fsp3) is 0.312. The molecule has 1 unspecified atom stereocenters. The van der Waals surface area contributed by atoms with E-state index in [2.05, 4.69) is 33.2 Å². The van der Waals surface area contributed by atoms with E-state index in [1.54, 1.807) is 24.4 Å². The Kier molecular flexibility index (Phi) is 6.15. The van der Waals surface area contributed by atoms with Gasteiger partial charge in [-0.05, 0) is 59.1 Å². The predicted molar refractivity (Wildman–Crippen MR) is 88.1 cm³/mol. The highest BCUT2D eigenvalue weighted by Crippen LogP contribution is 2.24. The standard InChI is InChI=1S/C16H17BrClFN2/c1-2-8-20-15(14-7-6-12(17)10-21-14)9-11-4-3-5-13(18)16(11)19/h3-7,10,15,20H,2,8-9H2,1H3. The van der Waals surface area contributed by atoms with E-state index in [9.17, 15) is 4.39 Å². The minimum absolute atomic E-state index is 0.0361. The molecule has 0 fully saturated rings. The van der Waals surface area contributed by atoms with Crippen LogP contribution in [0.4, 0.5) is 4.39 Å². The molecule has 0 saturated carbocycles. The van der Waals surface area contributed by atoms with Gasteiger partial charge in [0.2, 0.25) is 0 Å². The Balaban J connectivity index is 2.23. The quantitative estimate of drug-likeness (QED) is 0.779. The van der Waals surface area contributed by atoms with Crippen LogP contribution in [0.15, 0.2) is 41.0 Å². The lowest BCUT2D eigenvalue weighted by atomic mass is 10.0. The summed E-state index contributed by atoms with van der Waals surface area (Å²) >= 11 is 9.23. The van der Waals surface area contributed by atoms with Crippen LogP contribution in [-0.4, -0.2) is 11.5 Å². The average Bonchev–Trinajstić information content (AvgIpc) is 2.49. The molecule has 0 aliphatic carbocycles. The summed E-state index contributed by atoms with van der Waals surface area (Å²) in [5.74, 6) is -0.348. The second-order valence-corrected chi connectivity index (χ2v) is 6.15. The van der Waals surface area contributed by atoms with E-state index in [1.165, 1.54) is 0 Å². The van der Waals surface area contributed by atoms with Crippen molar-refractivity contribution in [3.8, 4) is 0 Å². The highest BCUT2D eigenvalue weighted by Gasteiger charge is 2.16. The first-order chi connectivity index (χ1) is 10.1. The summed E-state index contributed by atoms with van der Waals surface area (Å²) in [6.45, 7) is 2.95. The van der Waals surface area contributed by atoms with Gasteiger partial charge in [0, 0.05) is 10.7 Å². The van der Waals surface area contributed by atoms with Crippen molar-refractivity contribution in [2.24, 2.45) is 0 Å². The van der Waals surface area contributed by atoms with Gasteiger partial charge < -0.3 is 5.32 Å². The molecular weight excluding hydrogens is 355 g/mol. The molecule has 112 valence electrons. The molecule has 0 radical (unpaired) electrons. The van der Waals surface area contributed by atoms with Crippen molar-refractivity contribution in [2.45, 2.75) is 25.8 Å². The van der Waals surface area contributed by atoms with Crippen LogP contribution in [0.3, 0.4) is 0 Å². The Morgan fingerprint density at radius 1 is 1.33 bits per heavy atom. The van der Waals surface area contributed by atoms with Crippen LogP contribution in [0.5, 0.6) is 0 Å². The van der Waals surface area contributed by atoms with Gasteiger partial charge in [0.15, 0.2) is 0 Å². The monoisotopic (exact) mass is 370 g/mol. The zero-order chi connectivity index (χ0) is 15.2. The van der Waals surface area contributed by atoms with E-state index in [-0.39, 0.29) is 16.9 Å². The number of benzene rings is 1. The maximum atomic E-state index is 14.1. The van der Waals surface area contributed by atoms with Gasteiger partial charge in [-0.15, -0.1) is 0 Å². The Morgan fingerprint density at radius 2 is 2.14 bits per heavy atom. The molecular formula is C16H17BrClFN2. The largest absolute Gasteiger partial charge is 0.308 e. The first-order valence-corrected chi connectivity index (χ1v) is 8.06. The molecule has 1 aromatic carbocycles. The number of nitrogens with one attached hydrogen (secondary N) is 1. The van der Waals surface area contributed by atoms with Crippen LogP contribution in [0.2, 0.25) is 5.02 Å². The highest BCUT2D eigenvalue weighted by molar-refractivity contribution is 9.10. The van der Waals surface area contributed by atoms with Gasteiger partial charge in [0.25, 0.3) is 0 Å². The summed E-state index contributed by atoms with van der Waals surface area (Å²) in [7, 11) is 0. The normalized spacial score (nSPS) is 12.4. The molecule has 1 atom stereocenters. The van der Waals surface area contributed by atoms with Gasteiger partial charge in [-0.2, -0.15) is 0 Å². The molecule has 0 aliphatic rings. The van der Waals surface area contributed by atoms with Gasteiger partial charge in [-0.1, -0.05) is 30.7 Å². The van der Waals surface area contributed by atoms with E-state index in [0.29, 0.717) is 12.0 Å². The summed E-state index contributed by atoms with van der Waals surface area (Å²) in [5, 5.41) is 3.57. The summed E-state index contributed by atoms with van der Waals surface area (Å²) in [6.07, 6.45) is 3.27. The number of halogens is 3. The molecule has 0 spiro atoms. The number of rotatable bonds is 6. The van der Waals surface area contributed by atoms with E-state index in [4.69, 9.17) is 11.6 Å². The number of hydrogen-bond donors (Lipinski definition) is 1. The molecule has 2 rings (SSSR count). The molecule has 5 heteroatoms. The Bertz CT molecular complexity index is 589. The second-order valence-electron chi connectivity index (χ2n) is 4.83. The van der Waals surface area contributed by atoms with Gasteiger partial charge in [0.05, 0.1) is 16.8 Å². The summed E-state index contributed by atoms with van der Waals surface area (Å²) in [6, 6.07) is 8.95. The fourth-order valence-electron chi connectivity index (χ4n) is 2.12. The number of pyridine rings is 1. The average molecular weight is 372 g/mol.